The minimum absolute atomic E-state index is 0.611. The SMILES string of the molecule is CCOc1ccccc1/C=N\n1cnnc1SCc1ccc(Cl)cc1. The van der Waals surface area contributed by atoms with Crippen LogP contribution >= 0.6 is 23.4 Å². The van der Waals surface area contributed by atoms with E-state index >= 15 is 0 Å². The highest BCUT2D eigenvalue weighted by Crippen LogP contribution is 2.22. The summed E-state index contributed by atoms with van der Waals surface area (Å²) in [5, 5.41) is 14.0. The van der Waals surface area contributed by atoms with Gasteiger partial charge in [-0.05, 0) is 36.8 Å². The van der Waals surface area contributed by atoms with Crippen molar-refractivity contribution in [3.63, 3.8) is 0 Å². The van der Waals surface area contributed by atoms with E-state index in [-0.39, 0.29) is 0 Å². The van der Waals surface area contributed by atoms with E-state index in [4.69, 9.17) is 16.3 Å². The second-order valence-corrected chi connectivity index (χ2v) is 6.47. The number of rotatable bonds is 7. The average Bonchev–Trinajstić information content (AvgIpc) is 3.08. The number of benzene rings is 2. The van der Waals surface area contributed by atoms with Gasteiger partial charge in [-0.1, -0.05) is 47.6 Å². The number of ether oxygens (including phenoxy) is 1. The van der Waals surface area contributed by atoms with Crippen molar-refractivity contribution < 1.29 is 4.74 Å². The molecular weight excluding hydrogens is 356 g/mol. The van der Waals surface area contributed by atoms with E-state index in [0.717, 1.165) is 32.8 Å². The van der Waals surface area contributed by atoms with Gasteiger partial charge < -0.3 is 4.74 Å². The van der Waals surface area contributed by atoms with Crippen LogP contribution in [0.15, 0.2) is 65.1 Å². The van der Waals surface area contributed by atoms with Gasteiger partial charge in [0.2, 0.25) is 5.16 Å². The first-order valence-electron chi connectivity index (χ1n) is 7.79. The van der Waals surface area contributed by atoms with Gasteiger partial charge in [0.1, 0.15) is 12.1 Å². The number of hydrogen-bond acceptors (Lipinski definition) is 5. The molecule has 7 heteroatoms. The van der Waals surface area contributed by atoms with Crippen molar-refractivity contribution in [2.24, 2.45) is 5.10 Å². The Labute approximate surface area is 155 Å². The van der Waals surface area contributed by atoms with Crippen LogP contribution in [-0.4, -0.2) is 27.7 Å². The molecule has 0 aliphatic heterocycles. The Morgan fingerprint density at radius 2 is 2.00 bits per heavy atom. The predicted molar refractivity (Wildman–Crippen MR) is 102 cm³/mol. The third-order valence-corrected chi connectivity index (χ3v) is 4.58. The lowest BCUT2D eigenvalue weighted by molar-refractivity contribution is 0.340. The van der Waals surface area contributed by atoms with Crippen LogP contribution in [0.1, 0.15) is 18.1 Å². The van der Waals surface area contributed by atoms with Gasteiger partial charge in [0, 0.05) is 16.3 Å². The first-order chi connectivity index (χ1) is 12.3. The maximum absolute atomic E-state index is 5.91. The van der Waals surface area contributed by atoms with Crippen LogP contribution in [0.5, 0.6) is 5.75 Å². The maximum atomic E-state index is 5.91. The molecule has 1 aromatic heterocycles. The fraction of sp³-hybridized carbons (Fsp3) is 0.167. The summed E-state index contributed by atoms with van der Waals surface area (Å²) in [6, 6.07) is 15.5. The van der Waals surface area contributed by atoms with Crippen molar-refractivity contribution in [1.29, 1.82) is 0 Å². The zero-order chi connectivity index (χ0) is 17.5. The maximum Gasteiger partial charge on any atom is 0.212 e. The third kappa shape index (κ3) is 4.84. The first-order valence-corrected chi connectivity index (χ1v) is 9.16. The fourth-order valence-corrected chi connectivity index (χ4v) is 3.07. The molecule has 25 heavy (non-hydrogen) atoms. The fourth-order valence-electron chi connectivity index (χ4n) is 2.12. The monoisotopic (exact) mass is 372 g/mol. The molecule has 0 bridgehead atoms. The van der Waals surface area contributed by atoms with Crippen LogP contribution in [0.25, 0.3) is 0 Å². The number of halogens is 1. The Morgan fingerprint density at radius 1 is 1.20 bits per heavy atom. The molecule has 0 radical (unpaired) electrons. The molecule has 128 valence electrons. The molecule has 0 aliphatic carbocycles. The molecule has 0 atom stereocenters. The van der Waals surface area contributed by atoms with Crippen molar-refractivity contribution in [1.82, 2.24) is 14.9 Å². The second-order valence-electron chi connectivity index (χ2n) is 5.09. The van der Waals surface area contributed by atoms with E-state index in [0.29, 0.717) is 6.61 Å². The van der Waals surface area contributed by atoms with Crippen LogP contribution in [0, 0.1) is 0 Å². The van der Waals surface area contributed by atoms with Crippen LogP contribution in [0.2, 0.25) is 5.02 Å². The van der Waals surface area contributed by atoms with Gasteiger partial charge in [-0.2, -0.15) is 9.78 Å². The number of thioether (sulfide) groups is 1. The summed E-state index contributed by atoms with van der Waals surface area (Å²) in [6.07, 6.45) is 3.34. The molecule has 0 amide bonds. The van der Waals surface area contributed by atoms with Gasteiger partial charge in [0.05, 0.1) is 12.8 Å². The highest BCUT2D eigenvalue weighted by atomic mass is 35.5. The summed E-state index contributed by atoms with van der Waals surface area (Å²) in [5.74, 6) is 1.57. The molecule has 3 aromatic rings. The highest BCUT2D eigenvalue weighted by molar-refractivity contribution is 7.98. The lowest BCUT2D eigenvalue weighted by Gasteiger charge is -2.06. The summed E-state index contributed by atoms with van der Waals surface area (Å²) in [7, 11) is 0. The van der Waals surface area contributed by atoms with E-state index < -0.39 is 0 Å². The van der Waals surface area contributed by atoms with Crippen molar-refractivity contribution in [3.8, 4) is 5.75 Å². The van der Waals surface area contributed by atoms with Gasteiger partial charge in [0.15, 0.2) is 0 Å². The molecule has 5 nitrogen and oxygen atoms in total. The minimum atomic E-state index is 0.611. The van der Waals surface area contributed by atoms with Crippen molar-refractivity contribution >= 4 is 29.6 Å². The van der Waals surface area contributed by atoms with E-state index in [2.05, 4.69) is 15.3 Å². The van der Waals surface area contributed by atoms with Crippen LogP contribution in [0.3, 0.4) is 0 Å². The van der Waals surface area contributed by atoms with Crippen LogP contribution in [0.4, 0.5) is 0 Å². The molecular formula is C18H17ClN4OS. The van der Waals surface area contributed by atoms with E-state index in [9.17, 15) is 0 Å². The van der Waals surface area contributed by atoms with Gasteiger partial charge in [-0.3, -0.25) is 0 Å². The molecule has 0 aliphatic rings. The normalized spacial score (nSPS) is 11.1. The number of nitrogens with zero attached hydrogens (tertiary/aromatic N) is 4. The summed E-state index contributed by atoms with van der Waals surface area (Å²) >= 11 is 7.47. The summed E-state index contributed by atoms with van der Waals surface area (Å²) in [4.78, 5) is 0. The molecule has 0 N–H and O–H groups in total. The summed E-state index contributed by atoms with van der Waals surface area (Å²) in [5.41, 5.74) is 2.07. The number of hydrogen-bond donors (Lipinski definition) is 0. The van der Waals surface area contributed by atoms with Gasteiger partial charge in [-0.15, -0.1) is 10.2 Å². The molecule has 0 saturated carbocycles. The van der Waals surface area contributed by atoms with E-state index in [1.54, 1.807) is 29.0 Å². The summed E-state index contributed by atoms with van der Waals surface area (Å²) in [6.45, 7) is 2.57. The van der Waals surface area contributed by atoms with Gasteiger partial charge in [-0.25, -0.2) is 0 Å². The first kappa shape index (κ1) is 17.5. The minimum Gasteiger partial charge on any atom is -0.493 e. The van der Waals surface area contributed by atoms with Crippen molar-refractivity contribution in [2.75, 3.05) is 6.61 Å². The Hall–Kier alpha value is -2.31. The summed E-state index contributed by atoms with van der Waals surface area (Å²) < 4.78 is 7.26. The molecule has 0 fully saturated rings. The topological polar surface area (TPSA) is 52.3 Å². The van der Waals surface area contributed by atoms with Gasteiger partial charge >= 0.3 is 0 Å². The number of aromatic nitrogens is 3. The largest absolute Gasteiger partial charge is 0.493 e. The average molecular weight is 373 g/mol. The smallest absolute Gasteiger partial charge is 0.212 e. The molecule has 2 aromatic carbocycles. The highest BCUT2D eigenvalue weighted by Gasteiger charge is 2.05. The molecule has 3 rings (SSSR count). The Bertz CT molecular complexity index is 848. The Morgan fingerprint density at radius 3 is 2.80 bits per heavy atom. The van der Waals surface area contributed by atoms with E-state index in [1.165, 1.54) is 0 Å². The van der Waals surface area contributed by atoms with E-state index in [1.807, 2.05) is 55.5 Å². The zero-order valence-electron chi connectivity index (χ0n) is 13.7. The standard InChI is InChI=1S/C18H17ClN4OS/c1-2-24-17-6-4-3-5-15(17)11-21-23-13-20-22-18(23)25-12-14-7-9-16(19)10-8-14/h3-11,13H,2,12H2,1H3/b21-11-. The lowest BCUT2D eigenvalue weighted by atomic mass is 10.2. The molecule has 1 heterocycles. The number of para-hydroxylation sites is 1. The van der Waals surface area contributed by atoms with Crippen molar-refractivity contribution in [3.05, 3.63) is 71.0 Å². The second kappa shape index (κ2) is 8.69. The Balaban J connectivity index is 1.70. The van der Waals surface area contributed by atoms with Crippen molar-refractivity contribution in [2.45, 2.75) is 17.8 Å². The van der Waals surface area contributed by atoms with Crippen LogP contribution < -0.4 is 4.74 Å². The molecule has 0 unspecified atom stereocenters. The van der Waals surface area contributed by atoms with Crippen LogP contribution in [-0.2, 0) is 5.75 Å². The Kier molecular flexibility index (Phi) is 6.09. The lowest BCUT2D eigenvalue weighted by Crippen LogP contribution is -1.97. The molecule has 0 spiro atoms. The zero-order valence-corrected chi connectivity index (χ0v) is 15.2. The van der Waals surface area contributed by atoms with Gasteiger partial charge in [0.25, 0.3) is 0 Å². The predicted octanol–water partition coefficient (Wildman–Crippen LogP) is 4.50. The molecule has 0 saturated heterocycles. The third-order valence-electron chi connectivity index (χ3n) is 3.32. The quantitative estimate of drug-likeness (QED) is 0.452.